The molecular weight excluding hydrogens is 499 g/mol. The number of nitrogens with two attached hydrogens (primary N) is 1. The van der Waals surface area contributed by atoms with Crippen molar-refractivity contribution in [2.45, 2.75) is 42.6 Å². The molecule has 0 bridgehead atoms. The van der Waals surface area contributed by atoms with Gasteiger partial charge >= 0.3 is 0 Å². The highest BCUT2D eigenvalue weighted by Gasteiger charge is 2.35. The molecule has 2 aromatic rings. The second-order valence-corrected chi connectivity index (χ2v) is 11.1. The number of thiophene rings is 1. The number of primary amides is 1. The molecule has 2 amide bonds. The van der Waals surface area contributed by atoms with E-state index in [1.54, 1.807) is 18.2 Å². The molecule has 1 aromatic carbocycles. The number of fused-ring (bicyclic) bond motifs is 1. The number of anilines is 1. The van der Waals surface area contributed by atoms with Gasteiger partial charge in [-0.1, -0.05) is 52.5 Å². The zero-order valence-electron chi connectivity index (χ0n) is 16.6. The maximum absolute atomic E-state index is 12.6. The predicted molar refractivity (Wildman–Crippen MR) is 132 cm³/mol. The summed E-state index contributed by atoms with van der Waals surface area (Å²) in [4.78, 5) is 25.8. The molecule has 11 heteroatoms. The Morgan fingerprint density at radius 1 is 1.19 bits per heavy atom. The van der Waals surface area contributed by atoms with E-state index in [0.29, 0.717) is 16.1 Å². The van der Waals surface area contributed by atoms with Crippen molar-refractivity contribution >= 4 is 80.3 Å². The monoisotopic (exact) mass is 518 g/mol. The lowest BCUT2D eigenvalue weighted by atomic mass is 9.95. The summed E-state index contributed by atoms with van der Waals surface area (Å²) < 4.78 is -1.90. The van der Waals surface area contributed by atoms with E-state index in [1.807, 2.05) is 13.0 Å². The van der Waals surface area contributed by atoms with E-state index in [0.717, 1.165) is 41.7 Å². The fraction of sp³-hybridized carbons (Fsp3) is 0.350. The van der Waals surface area contributed by atoms with Crippen molar-refractivity contribution in [3.8, 4) is 0 Å². The molecule has 0 saturated carbocycles. The molecule has 1 aliphatic rings. The van der Waals surface area contributed by atoms with Crippen LogP contribution < -0.4 is 21.7 Å². The Kier molecular flexibility index (Phi) is 7.70. The van der Waals surface area contributed by atoms with Crippen LogP contribution in [0.1, 0.15) is 49.6 Å². The van der Waals surface area contributed by atoms with Gasteiger partial charge in [0.05, 0.1) is 5.56 Å². The van der Waals surface area contributed by atoms with Gasteiger partial charge in [0, 0.05) is 10.4 Å². The molecule has 1 atom stereocenters. The second kappa shape index (κ2) is 9.92. The van der Waals surface area contributed by atoms with Gasteiger partial charge in [0.1, 0.15) is 11.2 Å². The fourth-order valence-corrected chi connectivity index (χ4v) is 5.30. The Labute approximate surface area is 204 Å². The lowest BCUT2D eigenvalue weighted by Gasteiger charge is -2.27. The summed E-state index contributed by atoms with van der Waals surface area (Å²) in [5.74, 6) is -0.949. The lowest BCUT2D eigenvalue weighted by molar-refractivity contribution is 0.0933. The van der Waals surface area contributed by atoms with Gasteiger partial charge in [0.2, 0.25) is 3.79 Å². The van der Waals surface area contributed by atoms with Gasteiger partial charge in [-0.2, -0.15) is 0 Å². The molecule has 0 fully saturated rings. The first-order chi connectivity index (χ1) is 14.6. The van der Waals surface area contributed by atoms with E-state index in [4.69, 9.17) is 52.8 Å². The van der Waals surface area contributed by atoms with Crippen LogP contribution in [0.2, 0.25) is 0 Å². The Morgan fingerprint density at radius 2 is 1.90 bits per heavy atom. The van der Waals surface area contributed by atoms with Crippen LogP contribution in [0.5, 0.6) is 0 Å². The highest BCUT2D eigenvalue weighted by atomic mass is 35.6. The molecule has 31 heavy (non-hydrogen) atoms. The van der Waals surface area contributed by atoms with Gasteiger partial charge in [0.25, 0.3) is 11.8 Å². The maximum atomic E-state index is 12.6. The van der Waals surface area contributed by atoms with Gasteiger partial charge in [-0.25, -0.2) is 0 Å². The normalized spacial score (nSPS) is 14.3. The summed E-state index contributed by atoms with van der Waals surface area (Å²) in [7, 11) is 0. The van der Waals surface area contributed by atoms with Crippen LogP contribution >= 0.6 is 58.4 Å². The first-order valence-corrected chi connectivity index (χ1v) is 11.9. The minimum Gasteiger partial charge on any atom is -0.365 e. The largest absolute Gasteiger partial charge is 0.365 e. The number of carbonyl (C=O) groups excluding carboxylic acids is 2. The van der Waals surface area contributed by atoms with Gasteiger partial charge in [0.15, 0.2) is 5.11 Å². The first-order valence-electron chi connectivity index (χ1n) is 9.52. The molecule has 0 spiro atoms. The van der Waals surface area contributed by atoms with E-state index < -0.39 is 21.8 Å². The van der Waals surface area contributed by atoms with Crippen LogP contribution in [0.15, 0.2) is 24.3 Å². The average Bonchev–Trinajstić information content (AvgIpc) is 3.04. The molecule has 0 radical (unpaired) electrons. The molecular formula is C20H21Cl3N4O2S2. The van der Waals surface area contributed by atoms with Crippen LogP contribution in [0.25, 0.3) is 0 Å². The molecule has 1 aromatic heterocycles. The number of thiocarbonyl (C=S) groups is 1. The molecule has 0 aliphatic heterocycles. The quantitative estimate of drug-likeness (QED) is 0.266. The van der Waals surface area contributed by atoms with Gasteiger partial charge < -0.3 is 21.7 Å². The van der Waals surface area contributed by atoms with Crippen molar-refractivity contribution in [2.24, 2.45) is 5.73 Å². The number of aryl methyl sites for hydroxylation is 2. The van der Waals surface area contributed by atoms with Gasteiger partial charge in [-0.05, 0) is 62.5 Å². The van der Waals surface area contributed by atoms with E-state index >= 15 is 0 Å². The third-order valence-electron chi connectivity index (χ3n) is 4.80. The number of hydrogen-bond acceptors (Lipinski definition) is 4. The van der Waals surface area contributed by atoms with Gasteiger partial charge in [-0.3, -0.25) is 9.59 Å². The molecule has 1 unspecified atom stereocenters. The molecule has 1 heterocycles. The maximum Gasteiger partial charge on any atom is 0.252 e. The first kappa shape index (κ1) is 24.1. The highest BCUT2D eigenvalue weighted by Crippen LogP contribution is 2.38. The third-order valence-corrected chi connectivity index (χ3v) is 6.89. The van der Waals surface area contributed by atoms with Crippen molar-refractivity contribution in [1.29, 1.82) is 0 Å². The average molecular weight is 520 g/mol. The van der Waals surface area contributed by atoms with Crippen molar-refractivity contribution in [3.63, 3.8) is 0 Å². The second-order valence-electron chi connectivity index (χ2n) is 7.20. The van der Waals surface area contributed by atoms with Crippen molar-refractivity contribution in [3.05, 3.63) is 51.4 Å². The summed E-state index contributed by atoms with van der Waals surface area (Å²) in [6.45, 7) is 1.87. The SMILES string of the molecule is Cc1cccc(C(=O)NC(NC(=S)Nc2sc3c(c2C(N)=O)CCCC3)C(Cl)(Cl)Cl)c1. The number of rotatable bonds is 5. The smallest absolute Gasteiger partial charge is 0.252 e. The van der Waals surface area contributed by atoms with Crippen LogP contribution in [0, 0.1) is 6.92 Å². The predicted octanol–water partition coefficient (Wildman–Crippen LogP) is 4.45. The van der Waals surface area contributed by atoms with Crippen LogP contribution in [0.4, 0.5) is 5.00 Å². The van der Waals surface area contributed by atoms with E-state index in [2.05, 4.69) is 16.0 Å². The summed E-state index contributed by atoms with van der Waals surface area (Å²) in [5.41, 5.74) is 8.37. The Morgan fingerprint density at radius 3 is 2.55 bits per heavy atom. The van der Waals surface area contributed by atoms with E-state index in [9.17, 15) is 9.59 Å². The number of hydrogen-bond donors (Lipinski definition) is 4. The van der Waals surface area contributed by atoms with Crippen LogP contribution in [-0.2, 0) is 12.8 Å². The molecule has 3 rings (SSSR count). The molecule has 0 saturated heterocycles. The minimum absolute atomic E-state index is 0.0852. The third kappa shape index (κ3) is 6.02. The van der Waals surface area contributed by atoms with Crippen molar-refractivity contribution in [1.82, 2.24) is 10.6 Å². The molecule has 5 N–H and O–H groups in total. The van der Waals surface area contributed by atoms with Crippen molar-refractivity contribution < 1.29 is 9.59 Å². The topological polar surface area (TPSA) is 96.2 Å². The Bertz CT molecular complexity index is 1020. The zero-order chi connectivity index (χ0) is 22.8. The number of amides is 2. The summed E-state index contributed by atoms with van der Waals surface area (Å²) in [6, 6.07) is 7.01. The lowest BCUT2D eigenvalue weighted by Crippen LogP contribution is -2.56. The standard InChI is InChI=1S/C20H21Cl3N4O2S2/c1-10-5-4-6-11(9-10)16(29)25-18(20(21,22)23)27-19(30)26-17-14(15(24)28)12-7-2-3-8-13(12)31-17/h4-6,9,18H,2-3,7-8H2,1H3,(H2,24,28)(H,25,29)(H2,26,27,30). The molecule has 6 nitrogen and oxygen atoms in total. The van der Waals surface area contributed by atoms with Crippen LogP contribution in [0.3, 0.4) is 0 Å². The highest BCUT2D eigenvalue weighted by molar-refractivity contribution is 7.80. The van der Waals surface area contributed by atoms with Gasteiger partial charge in [-0.15, -0.1) is 11.3 Å². The molecule has 166 valence electrons. The summed E-state index contributed by atoms with van der Waals surface area (Å²) >= 11 is 25.0. The number of alkyl halides is 3. The minimum atomic E-state index is -1.90. The van der Waals surface area contributed by atoms with E-state index in [1.165, 1.54) is 11.3 Å². The summed E-state index contributed by atoms with van der Waals surface area (Å²) in [6.07, 6.45) is 2.64. The van der Waals surface area contributed by atoms with Crippen LogP contribution in [-0.4, -0.2) is 26.9 Å². The number of halogens is 3. The Balaban J connectivity index is 1.75. The Hall–Kier alpha value is -1.58. The number of nitrogens with one attached hydrogen (secondary N) is 3. The van der Waals surface area contributed by atoms with Crippen molar-refractivity contribution in [2.75, 3.05) is 5.32 Å². The van der Waals surface area contributed by atoms with E-state index in [-0.39, 0.29) is 5.11 Å². The summed E-state index contributed by atoms with van der Waals surface area (Å²) in [5, 5.41) is 9.07. The number of benzene rings is 1. The zero-order valence-corrected chi connectivity index (χ0v) is 20.5. The molecule has 1 aliphatic carbocycles. The fourth-order valence-electron chi connectivity index (χ4n) is 3.39. The number of carbonyl (C=O) groups is 2.